The number of rotatable bonds is 9. The van der Waals surface area contributed by atoms with Crippen molar-refractivity contribution in [1.29, 1.82) is 0 Å². The van der Waals surface area contributed by atoms with E-state index in [1.807, 2.05) is 102 Å². The Hall–Kier alpha value is -5.61. The zero-order valence-electron chi connectivity index (χ0n) is 24.7. The maximum Gasteiger partial charge on any atom is 0.404 e. The number of anilines is 2. The predicted octanol–water partition coefficient (Wildman–Crippen LogP) is 7.19. The molecule has 5 N–H and O–H groups in total. The lowest BCUT2D eigenvalue weighted by Crippen LogP contribution is -2.20. The molecule has 0 aliphatic heterocycles. The number of aryl methyl sites for hydroxylation is 1. The fourth-order valence-corrected chi connectivity index (χ4v) is 6.65. The number of methoxy groups -OCH3 is 1. The van der Waals surface area contributed by atoms with Crippen LogP contribution in [0.15, 0.2) is 96.5 Å². The van der Waals surface area contributed by atoms with Gasteiger partial charge in [-0.05, 0) is 52.8 Å². The average Bonchev–Trinajstić information content (AvgIpc) is 3.64. The van der Waals surface area contributed by atoms with Gasteiger partial charge in [0, 0.05) is 51.9 Å². The van der Waals surface area contributed by atoms with Crippen LogP contribution in [0.5, 0.6) is 5.75 Å². The number of nitrogens with two attached hydrogens (primary N) is 1. The van der Waals surface area contributed by atoms with Gasteiger partial charge < -0.3 is 30.8 Å². The number of hydrogen-bond donors (Lipinski definition) is 4. The van der Waals surface area contributed by atoms with E-state index < -0.39 is 6.09 Å². The van der Waals surface area contributed by atoms with Crippen LogP contribution >= 0.6 is 11.3 Å². The average molecular weight is 618 g/mol. The number of nitrogens with one attached hydrogen (secondary N) is 2. The number of benzene rings is 3. The van der Waals surface area contributed by atoms with E-state index in [1.54, 1.807) is 24.6 Å². The van der Waals surface area contributed by atoms with Gasteiger partial charge in [0.2, 0.25) is 0 Å². The first-order valence-electron chi connectivity index (χ1n) is 14.2. The van der Waals surface area contributed by atoms with E-state index in [-0.39, 0.29) is 12.5 Å². The largest absolute Gasteiger partial charge is 0.495 e. The number of aromatic nitrogens is 2. The highest BCUT2D eigenvalue weighted by Crippen LogP contribution is 2.42. The van der Waals surface area contributed by atoms with Crippen molar-refractivity contribution >= 4 is 61.4 Å². The summed E-state index contributed by atoms with van der Waals surface area (Å²) in [5.74, 6) is 0.653. The van der Waals surface area contributed by atoms with Crippen LogP contribution in [0.1, 0.15) is 21.6 Å². The lowest BCUT2D eigenvalue weighted by molar-refractivity contribution is 0.101. The van der Waals surface area contributed by atoms with Crippen LogP contribution in [0.25, 0.3) is 37.7 Å². The Bertz CT molecular complexity index is 2080. The fourth-order valence-electron chi connectivity index (χ4n) is 5.52. The van der Waals surface area contributed by atoms with Gasteiger partial charge in [-0.15, -0.1) is 11.3 Å². The fraction of sp³-hybridized carbons (Fsp3) is 0.114. The van der Waals surface area contributed by atoms with Crippen LogP contribution in [-0.4, -0.2) is 40.3 Å². The molecule has 2 amide bonds. The second-order valence-corrected chi connectivity index (χ2v) is 11.4. The van der Waals surface area contributed by atoms with Crippen molar-refractivity contribution in [3.8, 4) is 16.9 Å². The summed E-state index contributed by atoms with van der Waals surface area (Å²) in [6.45, 7) is 0.158. The maximum absolute atomic E-state index is 13.3. The van der Waals surface area contributed by atoms with Gasteiger partial charge in [-0.25, -0.2) is 9.78 Å². The number of ether oxygens (including phenoxy) is 1. The molecule has 0 unspecified atom stereocenters. The van der Waals surface area contributed by atoms with Crippen molar-refractivity contribution in [2.45, 2.75) is 6.42 Å². The molecule has 0 aliphatic rings. The van der Waals surface area contributed by atoms with E-state index in [0.717, 1.165) is 48.8 Å². The minimum Gasteiger partial charge on any atom is -0.495 e. The molecule has 3 aromatic carbocycles. The molecule has 6 aromatic rings. The number of pyridine rings is 1. The molecule has 0 saturated heterocycles. The Balaban J connectivity index is 1.35. The van der Waals surface area contributed by atoms with Crippen molar-refractivity contribution in [2.24, 2.45) is 7.05 Å². The minimum atomic E-state index is -1.09. The third-order valence-corrected chi connectivity index (χ3v) is 8.77. The highest BCUT2D eigenvalue weighted by Gasteiger charge is 2.19. The van der Waals surface area contributed by atoms with Crippen LogP contribution < -0.4 is 21.1 Å². The summed E-state index contributed by atoms with van der Waals surface area (Å²) in [6, 6.07) is 25.3. The Morgan fingerprint density at radius 1 is 1.07 bits per heavy atom. The molecule has 0 saturated carbocycles. The van der Waals surface area contributed by atoms with E-state index in [4.69, 9.17) is 15.6 Å². The summed E-state index contributed by atoms with van der Waals surface area (Å²) >= 11 is 1.55. The molecule has 10 heteroatoms. The van der Waals surface area contributed by atoms with E-state index in [9.17, 15) is 9.59 Å². The van der Waals surface area contributed by atoms with Gasteiger partial charge in [0.05, 0.1) is 12.8 Å². The summed E-state index contributed by atoms with van der Waals surface area (Å²) in [6.07, 6.45) is 3.13. The molecule has 9 nitrogen and oxygen atoms in total. The molecular weight excluding hydrogens is 586 g/mol. The van der Waals surface area contributed by atoms with Crippen molar-refractivity contribution in [3.63, 3.8) is 0 Å². The summed E-state index contributed by atoms with van der Waals surface area (Å²) in [5.41, 5.74) is 13.2. The highest BCUT2D eigenvalue weighted by molar-refractivity contribution is 7.18. The number of thiophene rings is 1. The van der Waals surface area contributed by atoms with Crippen LogP contribution in [-0.2, 0) is 13.5 Å². The van der Waals surface area contributed by atoms with Crippen molar-refractivity contribution in [3.05, 3.63) is 113 Å². The Morgan fingerprint density at radius 3 is 2.60 bits per heavy atom. The SMILES string of the molecule is COc1cc(-c2csc3c(/C(=C/CNC(=O)O)Cc4ccccc4)cnc(N)c23)ccc1NC(=O)c1cc2ccccc2n1C. The number of nitrogen functional groups attached to an aromatic ring is 1. The number of nitrogens with zero attached hydrogens (tertiary/aromatic N) is 2. The van der Waals surface area contributed by atoms with Gasteiger partial charge >= 0.3 is 6.09 Å². The van der Waals surface area contributed by atoms with Gasteiger partial charge in [0.15, 0.2) is 0 Å². The number of fused-ring (bicyclic) bond motifs is 2. The van der Waals surface area contributed by atoms with Gasteiger partial charge in [0.25, 0.3) is 5.91 Å². The van der Waals surface area contributed by atoms with Crippen molar-refractivity contribution < 1.29 is 19.4 Å². The first kappa shape index (κ1) is 29.5. The third kappa shape index (κ3) is 5.96. The molecule has 0 bridgehead atoms. The second kappa shape index (κ2) is 12.6. The summed E-state index contributed by atoms with van der Waals surface area (Å²) < 4.78 is 8.53. The molecule has 3 aromatic heterocycles. The van der Waals surface area contributed by atoms with Gasteiger partial charge in [-0.3, -0.25) is 4.79 Å². The number of allylic oxidation sites excluding steroid dienone is 1. The number of carbonyl (C=O) groups is 2. The smallest absolute Gasteiger partial charge is 0.404 e. The topological polar surface area (TPSA) is 132 Å². The monoisotopic (exact) mass is 617 g/mol. The summed E-state index contributed by atoms with van der Waals surface area (Å²) in [5, 5.41) is 18.4. The lowest BCUT2D eigenvalue weighted by Gasteiger charge is -2.13. The van der Waals surface area contributed by atoms with Crippen molar-refractivity contribution in [1.82, 2.24) is 14.9 Å². The van der Waals surface area contributed by atoms with Gasteiger partial charge in [-0.2, -0.15) is 0 Å². The van der Waals surface area contributed by atoms with Crippen LogP contribution in [0.3, 0.4) is 0 Å². The van der Waals surface area contributed by atoms with Crippen LogP contribution in [0.2, 0.25) is 0 Å². The number of hydrogen-bond acceptors (Lipinski definition) is 6. The molecule has 0 fully saturated rings. The molecule has 6 rings (SSSR count). The molecule has 226 valence electrons. The quantitative estimate of drug-likeness (QED) is 0.136. The Morgan fingerprint density at radius 2 is 1.84 bits per heavy atom. The number of carboxylic acid groups (broad SMARTS) is 1. The number of amides is 2. The standard InChI is InChI=1S/C35H31N5O4S/c1-40-28-11-7-6-10-24(28)17-29(40)34(41)39-27-13-12-22(18-30(27)44-2)26-20-45-32-25(19-38-33(36)31(26)32)23(14-15-37-35(42)43)16-21-8-4-3-5-9-21/h3-14,17-20,37H,15-16H2,1-2H3,(H2,36,38)(H,39,41)(H,42,43)/b23-14+. The molecular formula is C35H31N5O4S. The molecule has 0 spiro atoms. The summed E-state index contributed by atoms with van der Waals surface area (Å²) in [7, 11) is 3.44. The van der Waals surface area contributed by atoms with E-state index in [1.165, 1.54) is 0 Å². The molecule has 3 heterocycles. The Kier molecular flexibility index (Phi) is 8.22. The third-order valence-electron chi connectivity index (χ3n) is 7.75. The first-order valence-corrected chi connectivity index (χ1v) is 15.1. The molecule has 0 atom stereocenters. The predicted molar refractivity (Wildman–Crippen MR) is 181 cm³/mol. The van der Waals surface area contributed by atoms with E-state index in [2.05, 4.69) is 15.6 Å². The first-order chi connectivity index (χ1) is 21.8. The van der Waals surface area contributed by atoms with Crippen LogP contribution in [0.4, 0.5) is 16.3 Å². The molecule has 0 radical (unpaired) electrons. The maximum atomic E-state index is 13.3. The molecule has 45 heavy (non-hydrogen) atoms. The highest BCUT2D eigenvalue weighted by atomic mass is 32.1. The Labute approximate surface area is 263 Å². The lowest BCUT2D eigenvalue weighted by atomic mass is 9.96. The molecule has 0 aliphatic carbocycles. The minimum absolute atomic E-state index is 0.158. The van der Waals surface area contributed by atoms with Gasteiger partial charge in [-0.1, -0.05) is 60.7 Å². The summed E-state index contributed by atoms with van der Waals surface area (Å²) in [4.78, 5) is 29.0. The zero-order valence-corrected chi connectivity index (χ0v) is 25.5. The van der Waals surface area contributed by atoms with E-state index >= 15 is 0 Å². The second-order valence-electron chi connectivity index (χ2n) is 10.5. The van der Waals surface area contributed by atoms with E-state index in [0.29, 0.717) is 29.4 Å². The zero-order chi connectivity index (χ0) is 31.5. The normalized spacial score (nSPS) is 11.6. The van der Waals surface area contributed by atoms with Crippen molar-refractivity contribution in [2.75, 3.05) is 24.7 Å². The van der Waals surface area contributed by atoms with Gasteiger partial charge in [0.1, 0.15) is 17.3 Å². The number of para-hydroxylation sites is 1. The van der Waals surface area contributed by atoms with Crippen LogP contribution in [0, 0.1) is 0 Å². The number of carbonyl (C=O) groups excluding carboxylic acids is 1.